The van der Waals surface area contributed by atoms with Gasteiger partial charge in [-0.05, 0) is 18.2 Å². The third-order valence-corrected chi connectivity index (χ3v) is 2.33. The Balaban J connectivity index is 2.81. The van der Waals surface area contributed by atoms with Crippen LogP contribution < -0.4 is 4.74 Å². The summed E-state index contributed by atoms with van der Waals surface area (Å²) >= 11 is 11.6. The van der Waals surface area contributed by atoms with Gasteiger partial charge in [-0.1, -0.05) is 23.2 Å². The molecule has 6 heteroatoms. The molecule has 0 aliphatic rings. The van der Waals surface area contributed by atoms with E-state index in [4.69, 9.17) is 32.7 Å². The summed E-state index contributed by atoms with van der Waals surface area (Å²) < 4.78 is 14.9. The fourth-order valence-electron chi connectivity index (χ4n) is 1.19. The van der Waals surface area contributed by atoms with E-state index in [0.29, 0.717) is 15.8 Å². The normalized spacial score (nSPS) is 12.0. The Morgan fingerprint density at radius 1 is 1.24 bits per heavy atom. The van der Waals surface area contributed by atoms with Crippen LogP contribution in [0.15, 0.2) is 18.2 Å². The van der Waals surface area contributed by atoms with Crippen molar-refractivity contribution in [2.75, 3.05) is 20.8 Å². The van der Waals surface area contributed by atoms with Crippen LogP contribution in [0.1, 0.15) is 0 Å². The van der Waals surface area contributed by atoms with Gasteiger partial charge in [0, 0.05) is 17.2 Å². The standard InChI is InChI=1S/C11H12Cl2O4/c1-15-6-10(11(14)16-2)17-9-4-7(12)3-8(13)5-9/h3-5,10H,6H2,1-2H3. The van der Waals surface area contributed by atoms with Gasteiger partial charge in [0.2, 0.25) is 6.10 Å². The molecule has 4 nitrogen and oxygen atoms in total. The van der Waals surface area contributed by atoms with Crippen LogP contribution in [0.2, 0.25) is 10.0 Å². The lowest BCUT2D eigenvalue weighted by molar-refractivity contribution is -0.151. The second-order valence-electron chi connectivity index (χ2n) is 3.19. The van der Waals surface area contributed by atoms with Crippen molar-refractivity contribution in [2.24, 2.45) is 0 Å². The number of esters is 1. The number of carbonyl (C=O) groups excluding carboxylic acids is 1. The molecule has 0 fully saturated rings. The molecular weight excluding hydrogens is 267 g/mol. The van der Waals surface area contributed by atoms with Crippen molar-refractivity contribution >= 4 is 29.2 Å². The minimum Gasteiger partial charge on any atom is -0.476 e. The first kappa shape index (κ1) is 14.1. The third-order valence-electron chi connectivity index (χ3n) is 1.90. The highest BCUT2D eigenvalue weighted by atomic mass is 35.5. The molecule has 1 rings (SSSR count). The van der Waals surface area contributed by atoms with E-state index in [9.17, 15) is 4.79 Å². The first-order valence-electron chi connectivity index (χ1n) is 4.76. The summed E-state index contributed by atoms with van der Waals surface area (Å²) in [4.78, 5) is 11.4. The molecule has 0 saturated heterocycles. The molecule has 0 heterocycles. The highest BCUT2D eigenvalue weighted by Gasteiger charge is 2.21. The summed E-state index contributed by atoms with van der Waals surface area (Å²) in [7, 11) is 2.74. The molecule has 0 saturated carbocycles. The molecule has 0 radical (unpaired) electrons. The molecule has 1 unspecified atom stereocenters. The van der Waals surface area contributed by atoms with Crippen molar-refractivity contribution in [3.05, 3.63) is 28.2 Å². The van der Waals surface area contributed by atoms with Crippen molar-refractivity contribution in [2.45, 2.75) is 6.10 Å². The van der Waals surface area contributed by atoms with Gasteiger partial charge in [0.1, 0.15) is 5.75 Å². The molecule has 94 valence electrons. The second kappa shape index (κ2) is 6.69. The quantitative estimate of drug-likeness (QED) is 0.777. The maximum Gasteiger partial charge on any atom is 0.349 e. The van der Waals surface area contributed by atoms with Gasteiger partial charge in [0.15, 0.2) is 0 Å². The van der Waals surface area contributed by atoms with Crippen LogP contribution in [0.4, 0.5) is 0 Å². The lowest BCUT2D eigenvalue weighted by Gasteiger charge is -2.16. The van der Waals surface area contributed by atoms with Crippen LogP contribution in [-0.2, 0) is 14.3 Å². The predicted octanol–water partition coefficient (Wildman–Crippen LogP) is 2.56. The van der Waals surface area contributed by atoms with Crippen molar-refractivity contribution in [1.29, 1.82) is 0 Å². The number of methoxy groups -OCH3 is 2. The average Bonchev–Trinajstić information content (AvgIpc) is 2.26. The van der Waals surface area contributed by atoms with Crippen LogP contribution in [-0.4, -0.2) is 32.9 Å². The Labute approximate surface area is 109 Å². The minimum atomic E-state index is -0.848. The fraction of sp³-hybridized carbons (Fsp3) is 0.364. The number of hydrogen-bond donors (Lipinski definition) is 0. The van der Waals surface area contributed by atoms with Gasteiger partial charge < -0.3 is 14.2 Å². The summed E-state index contributed by atoms with van der Waals surface area (Å²) in [6, 6.07) is 4.68. The van der Waals surface area contributed by atoms with Crippen molar-refractivity contribution in [3.8, 4) is 5.75 Å². The highest BCUT2D eigenvalue weighted by molar-refractivity contribution is 6.34. The molecule has 0 aliphatic heterocycles. The Morgan fingerprint density at radius 3 is 2.29 bits per heavy atom. The Morgan fingerprint density at radius 2 is 1.82 bits per heavy atom. The van der Waals surface area contributed by atoms with E-state index in [-0.39, 0.29) is 6.61 Å². The first-order valence-corrected chi connectivity index (χ1v) is 5.52. The maximum atomic E-state index is 11.4. The molecule has 0 N–H and O–H groups in total. The van der Waals surface area contributed by atoms with Gasteiger partial charge in [-0.15, -0.1) is 0 Å². The number of benzene rings is 1. The molecular formula is C11H12Cl2O4. The van der Waals surface area contributed by atoms with E-state index in [1.165, 1.54) is 14.2 Å². The summed E-state index contributed by atoms with van der Waals surface area (Å²) in [5.74, 6) is -0.141. The monoisotopic (exact) mass is 278 g/mol. The van der Waals surface area contributed by atoms with E-state index in [2.05, 4.69) is 4.74 Å². The van der Waals surface area contributed by atoms with Gasteiger partial charge in [0.25, 0.3) is 0 Å². The number of carbonyl (C=O) groups is 1. The molecule has 0 amide bonds. The fourth-order valence-corrected chi connectivity index (χ4v) is 1.70. The molecule has 0 aromatic heterocycles. The number of halogens is 2. The summed E-state index contributed by atoms with van der Waals surface area (Å²) in [5, 5.41) is 0.849. The van der Waals surface area contributed by atoms with E-state index in [1.807, 2.05) is 0 Å². The zero-order chi connectivity index (χ0) is 12.8. The summed E-state index contributed by atoms with van der Waals surface area (Å²) in [6.45, 7) is 0.0802. The number of ether oxygens (including phenoxy) is 3. The van der Waals surface area contributed by atoms with Gasteiger partial charge in [0.05, 0.1) is 13.7 Å². The molecule has 17 heavy (non-hydrogen) atoms. The first-order chi connectivity index (χ1) is 8.06. The lowest BCUT2D eigenvalue weighted by atomic mass is 10.3. The Kier molecular flexibility index (Phi) is 5.55. The van der Waals surface area contributed by atoms with Crippen molar-refractivity contribution < 1.29 is 19.0 Å². The molecule has 1 aromatic carbocycles. The Hall–Kier alpha value is -0.970. The van der Waals surface area contributed by atoms with E-state index < -0.39 is 12.1 Å². The summed E-state index contributed by atoms with van der Waals surface area (Å²) in [5.41, 5.74) is 0. The molecule has 0 spiro atoms. The van der Waals surface area contributed by atoms with Gasteiger partial charge >= 0.3 is 5.97 Å². The van der Waals surface area contributed by atoms with E-state index >= 15 is 0 Å². The van der Waals surface area contributed by atoms with Crippen molar-refractivity contribution in [1.82, 2.24) is 0 Å². The minimum absolute atomic E-state index is 0.0802. The second-order valence-corrected chi connectivity index (χ2v) is 4.06. The van der Waals surface area contributed by atoms with E-state index in [1.54, 1.807) is 18.2 Å². The molecule has 0 bridgehead atoms. The highest BCUT2D eigenvalue weighted by Crippen LogP contribution is 2.25. The topological polar surface area (TPSA) is 44.8 Å². The van der Waals surface area contributed by atoms with Gasteiger partial charge in [-0.25, -0.2) is 4.79 Å². The van der Waals surface area contributed by atoms with Crippen molar-refractivity contribution in [3.63, 3.8) is 0 Å². The smallest absolute Gasteiger partial charge is 0.349 e. The molecule has 1 aromatic rings. The van der Waals surface area contributed by atoms with Crippen LogP contribution in [0, 0.1) is 0 Å². The largest absolute Gasteiger partial charge is 0.476 e. The average molecular weight is 279 g/mol. The summed E-state index contributed by atoms with van der Waals surface area (Å²) in [6.07, 6.45) is -0.848. The number of rotatable bonds is 5. The van der Waals surface area contributed by atoms with Crippen LogP contribution >= 0.6 is 23.2 Å². The lowest BCUT2D eigenvalue weighted by Crippen LogP contribution is -2.32. The number of hydrogen-bond acceptors (Lipinski definition) is 4. The Bertz CT molecular complexity index is 375. The van der Waals surface area contributed by atoms with Crippen LogP contribution in [0.5, 0.6) is 5.75 Å². The van der Waals surface area contributed by atoms with Crippen LogP contribution in [0.3, 0.4) is 0 Å². The molecule has 0 aliphatic carbocycles. The van der Waals surface area contributed by atoms with Crippen LogP contribution in [0.25, 0.3) is 0 Å². The predicted molar refractivity (Wildman–Crippen MR) is 64.8 cm³/mol. The molecule has 1 atom stereocenters. The zero-order valence-corrected chi connectivity index (χ0v) is 10.9. The van der Waals surface area contributed by atoms with E-state index in [0.717, 1.165) is 0 Å². The maximum absolute atomic E-state index is 11.4. The van der Waals surface area contributed by atoms with Gasteiger partial charge in [-0.3, -0.25) is 0 Å². The third kappa shape index (κ3) is 4.42. The zero-order valence-electron chi connectivity index (χ0n) is 9.41. The SMILES string of the molecule is COCC(Oc1cc(Cl)cc(Cl)c1)C(=O)OC. The van der Waals surface area contributed by atoms with Gasteiger partial charge in [-0.2, -0.15) is 0 Å².